The zero-order chi connectivity index (χ0) is 19.1. The monoisotopic (exact) mass is 370 g/mol. The average molecular weight is 370 g/mol. The number of aromatic nitrogens is 6. The van der Waals surface area contributed by atoms with Gasteiger partial charge in [0.25, 0.3) is 5.56 Å². The molecular weight excluding hydrogens is 356 g/mol. The summed E-state index contributed by atoms with van der Waals surface area (Å²) in [5.74, 6) is 0. The minimum Gasteiger partial charge on any atom is -0.269 e. The molecule has 0 amide bonds. The van der Waals surface area contributed by atoms with Gasteiger partial charge in [-0.15, -0.1) is 5.10 Å². The van der Waals surface area contributed by atoms with Gasteiger partial charge in [0.2, 0.25) is 0 Å². The molecule has 0 N–H and O–H groups in total. The van der Waals surface area contributed by atoms with Crippen molar-refractivity contribution in [1.29, 1.82) is 0 Å². The Morgan fingerprint density at radius 1 is 0.821 bits per heavy atom. The third kappa shape index (κ3) is 2.67. The van der Waals surface area contributed by atoms with Crippen molar-refractivity contribution in [2.24, 2.45) is 0 Å². The summed E-state index contributed by atoms with van der Waals surface area (Å²) < 4.78 is 3.97. The summed E-state index contributed by atoms with van der Waals surface area (Å²) in [7, 11) is 0. The average Bonchev–Trinajstić information content (AvgIpc) is 3.03. The van der Waals surface area contributed by atoms with Crippen LogP contribution in [0.1, 0.15) is 5.69 Å². The summed E-state index contributed by atoms with van der Waals surface area (Å²) in [6.07, 6.45) is 1.65. The Labute approximate surface area is 158 Å². The second kappa shape index (κ2) is 6.27. The lowest BCUT2D eigenvalue weighted by atomic mass is 10.1. The molecule has 0 atom stereocenters. The van der Waals surface area contributed by atoms with E-state index in [2.05, 4.69) is 15.2 Å². The first-order valence-electron chi connectivity index (χ1n) is 8.69. The number of rotatable bonds is 3. The summed E-state index contributed by atoms with van der Waals surface area (Å²) in [5, 5.41) is 8.72. The zero-order valence-corrected chi connectivity index (χ0v) is 14.6. The van der Waals surface area contributed by atoms with Crippen LogP contribution < -0.4 is 11.2 Å². The highest BCUT2D eigenvalue weighted by Crippen LogP contribution is 2.15. The van der Waals surface area contributed by atoms with E-state index >= 15 is 0 Å². The predicted molar refractivity (Wildman–Crippen MR) is 103 cm³/mol. The molecule has 0 radical (unpaired) electrons. The first-order chi connectivity index (χ1) is 13.7. The molecule has 136 valence electrons. The van der Waals surface area contributed by atoms with Crippen LogP contribution >= 0.6 is 0 Å². The van der Waals surface area contributed by atoms with Crippen LogP contribution in [0, 0.1) is 0 Å². The molecule has 0 saturated heterocycles. The quantitative estimate of drug-likeness (QED) is 0.482. The van der Waals surface area contributed by atoms with Crippen molar-refractivity contribution in [2.75, 3.05) is 0 Å². The fourth-order valence-electron chi connectivity index (χ4n) is 3.11. The van der Waals surface area contributed by atoms with Crippen LogP contribution in [-0.4, -0.2) is 28.8 Å². The molecule has 0 saturated carbocycles. The molecule has 5 aromatic rings. The summed E-state index contributed by atoms with van der Waals surface area (Å²) in [5.41, 5.74) is 2.41. The maximum absolute atomic E-state index is 12.8. The van der Waals surface area contributed by atoms with Crippen molar-refractivity contribution in [3.05, 3.63) is 99.5 Å². The van der Waals surface area contributed by atoms with Gasteiger partial charge in [0.05, 0.1) is 17.9 Å². The first-order valence-corrected chi connectivity index (χ1v) is 8.69. The molecule has 5 rings (SSSR count). The van der Waals surface area contributed by atoms with E-state index in [1.165, 1.54) is 19.7 Å². The third-order valence-corrected chi connectivity index (χ3v) is 4.45. The highest BCUT2D eigenvalue weighted by atomic mass is 16.2. The third-order valence-electron chi connectivity index (χ3n) is 4.45. The molecule has 1 aromatic carbocycles. The van der Waals surface area contributed by atoms with Gasteiger partial charge in [0, 0.05) is 17.8 Å². The van der Waals surface area contributed by atoms with Gasteiger partial charge in [0.15, 0.2) is 5.65 Å². The van der Waals surface area contributed by atoms with E-state index in [-0.39, 0.29) is 17.8 Å². The van der Waals surface area contributed by atoms with Crippen LogP contribution in [-0.2, 0) is 6.54 Å². The number of hydrogen-bond acceptors (Lipinski definition) is 5. The maximum atomic E-state index is 12.8. The second-order valence-corrected chi connectivity index (χ2v) is 6.31. The largest absolute Gasteiger partial charge is 0.367 e. The van der Waals surface area contributed by atoms with Crippen LogP contribution in [0.25, 0.3) is 22.6 Å². The molecule has 28 heavy (non-hydrogen) atoms. The molecule has 0 aliphatic carbocycles. The lowest BCUT2D eigenvalue weighted by molar-refractivity contribution is 0.638. The molecule has 8 heteroatoms. The van der Waals surface area contributed by atoms with E-state index in [0.29, 0.717) is 22.7 Å². The smallest absolute Gasteiger partial charge is 0.269 e. The molecule has 0 spiro atoms. The number of hydrogen-bond donors (Lipinski definition) is 0. The van der Waals surface area contributed by atoms with Gasteiger partial charge in [-0.3, -0.25) is 9.20 Å². The lowest BCUT2D eigenvalue weighted by Gasteiger charge is -2.03. The summed E-state index contributed by atoms with van der Waals surface area (Å²) in [4.78, 5) is 29.4. The van der Waals surface area contributed by atoms with Gasteiger partial charge in [0.1, 0.15) is 5.65 Å². The molecule has 4 aromatic heterocycles. The minimum atomic E-state index is -0.386. The molecule has 0 aliphatic rings. The van der Waals surface area contributed by atoms with Crippen molar-refractivity contribution < 1.29 is 0 Å². The van der Waals surface area contributed by atoms with Gasteiger partial charge in [-0.2, -0.15) is 9.61 Å². The Hall–Kier alpha value is -4.07. The van der Waals surface area contributed by atoms with Gasteiger partial charge >= 0.3 is 5.69 Å². The fraction of sp³-hybridized carbons (Fsp3) is 0.0500. The van der Waals surface area contributed by atoms with E-state index in [4.69, 9.17) is 0 Å². The topological polar surface area (TPSA) is 86.6 Å². The standard InChI is InChI=1S/C20H14N6O2/c27-19-12-15(21-17-8-4-5-11-24(17)19)13-25-20(28)26-18(23-25)10-9-16(22-26)14-6-2-1-3-7-14/h1-12H,13H2. The highest BCUT2D eigenvalue weighted by Gasteiger charge is 2.11. The molecule has 8 nitrogen and oxygen atoms in total. The van der Waals surface area contributed by atoms with Crippen molar-refractivity contribution in [2.45, 2.75) is 6.54 Å². The van der Waals surface area contributed by atoms with Crippen LogP contribution in [0.3, 0.4) is 0 Å². The van der Waals surface area contributed by atoms with Gasteiger partial charge in [-0.25, -0.2) is 14.5 Å². The second-order valence-electron chi connectivity index (χ2n) is 6.31. The summed E-state index contributed by atoms with van der Waals surface area (Å²) in [6.45, 7) is 0.0868. The van der Waals surface area contributed by atoms with Crippen LogP contribution in [0.15, 0.2) is 82.5 Å². The molecule has 0 aliphatic heterocycles. The van der Waals surface area contributed by atoms with Gasteiger partial charge in [-0.05, 0) is 24.3 Å². The Kier molecular flexibility index (Phi) is 3.61. The van der Waals surface area contributed by atoms with E-state index in [1.807, 2.05) is 36.4 Å². The van der Waals surface area contributed by atoms with Crippen LogP contribution in [0.5, 0.6) is 0 Å². The Balaban J connectivity index is 1.58. The summed E-state index contributed by atoms with van der Waals surface area (Å²) in [6, 6.07) is 19.9. The van der Waals surface area contributed by atoms with E-state index in [0.717, 1.165) is 5.56 Å². The molecular formula is C20H14N6O2. The number of nitrogens with zero attached hydrogens (tertiary/aromatic N) is 6. The molecule has 4 heterocycles. The van der Waals surface area contributed by atoms with Crippen LogP contribution in [0.4, 0.5) is 0 Å². The Morgan fingerprint density at radius 2 is 1.64 bits per heavy atom. The maximum Gasteiger partial charge on any atom is 0.367 e. The van der Waals surface area contributed by atoms with Crippen molar-refractivity contribution >= 4 is 11.3 Å². The molecule has 0 unspecified atom stereocenters. The number of benzene rings is 1. The fourth-order valence-corrected chi connectivity index (χ4v) is 3.11. The molecule has 0 fully saturated rings. The Bertz CT molecular complexity index is 1430. The van der Waals surface area contributed by atoms with Crippen molar-refractivity contribution in [3.63, 3.8) is 0 Å². The van der Waals surface area contributed by atoms with E-state index < -0.39 is 0 Å². The van der Waals surface area contributed by atoms with Crippen molar-refractivity contribution in [3.8, 4) is 11.3 Å². The number of pyridine rings is 1. The normalized spacial score (nSPS) is 11.3. The predicted octanol–water partition coefficient (Wildman–Crippen LogP) is 1.61. The minimum absolute atomic E-state index is 0.0868. The van der Waals surface area contributed by atoms with Gasteiger partial charge in [-0.1, -0.05) is 36.4 Å². The SMILES string of the molecule is O=c1cc(Cn2nc3ccc(-c4ccccc4)nn3c2=O)nc2ccccn12. The molecule has 0 bridgehead atoms. The van der Waals surface area contributed by atoms with E-state index in [9.17, 15) is 9.59 Å². The van der Waals surface area contributed by atoms with Gasteiger partial charge < -0.3 is 0 Å². The van der Waals surface area contributed by atoms with E-state index in [1.54, 1.807) is 30.5 Å². The summed E-state index contributed by atoms with van der Waals surface area (Å²) >= 11 is 0. The van der Waals surface area contributed by atoms with Crippen LogP contribution in [0.2, 0.25) is 0 Å². The Morgan fingerprint density at radius 3 is 2.50 bits per heavy atom. The highest BCUT2D eigenvalue weighted by molar-refractivity contribution is 5.59. The first kappa shape index (κ1) is 16.1. The van der Waals surface area contributed by atoms with Crippen molar-refractivity contribution in [1.82, 2.24) is 28.8 Å². The zero-order valence-electron chi connectivity index (χ0n) is 14.6. The lowest BCUT2D eigenvalue weighted by Crippen LogP contribution is -2.25. The number of fused-ring (bicyclic) bond motifs is 2.